The molecule has 2 aromatic carbocycles. The van der Waals surface area contributed by atoms with Gasteiger partial charge < -0.3 is 9.68 Å². The van der Waals surface area contributed by atoms with E-state index in [1.807, 2.05) is 36.4 Å². The molecule has 0 bridgehead atoms. The zero-order valence-corrected chi connectivity index (χ0v) is 9.14. The first-order valence-corrected chi connectivity index (χ1v) is 5.31. The molecule has 0 amide bonds. The Hall–Kier alpha value is -2.04. The van der Waals surface area contributed by atoms with E-state index < -0.39 is 0 Å². The fourth-order valence-corrected chi connectivity index (χ4v) is 2.27. The molecule has 0 saturated carbocycles. The van der Waals surface area contributed by atoms with Crippen molar-refractivity contribution in [3.63, 3.8) is 0 Å². The summed E-state index contributed by atoms with van der Waals surface area (Å²) in [6.45, 7) is 0. The van der Waals surface area contributed by atoms with Gasteiger partial charge in [0.1, 0.15) is 11.5 Å². The summed E-state index contributed by atoms with van der Waals surface area (Å²) >= 11 is 0. The van der Waals surface area contributed by atoms with Crippen LogP contribution in [0.3, 0.4) is 0 Å². The van der Waals surface area contributed by atoms with Crippen LogP contribution in [0.15, 0.2) is 36.4 Å². The fraction of sp³-hybridized carbons (Fsp3) is 0.0769. The van der Waals surface area contributed by atoms with E-state index in [4.69, 9.17) is 21.5 Å². The van der Waals surface area contributed by atoms with Gasteiger partial charge in [0.15, 0.2) is 0 Å². The van der Waals surface area contributed by atoms with Gasteiger partial charge in [-0.15, -0.1) is 0 Å². The summed E-state index contributed by atoms with van der Waals surface area (Å²) in [5.74, 6) is 11.6. The summed E-state index contributed by atoms with van der Waals surface area (Å²) in [4.78, 5) is 9.51. The second-order valence-electron chi connectivity index (χ2n) is 4.05. The quantitative estimate of drug-likeness (QED) is 0.656. The number of rotatable bonds is 2. The smallest absolute Gasteiger partial charge is 0.147 e. The first-order valence-electron chi connectivity index (χ1n) is 5.31. The molecule has 86 valence electrons. The third-order valence-corrected chi connectivity index (χ3v) is 3.11. The van der Waals surface area contributed by atoms with Crippen molar-refractivity contribution >= 4 is 0 Å². The van der Waals surface area contributed by atoms with Crippen molar-refractivity contribution in [3.8, 4) is 22.6 Å². The number of hydrogen-bond acceptors (Lipinski definition) is 4. The van der Waals surface area contributed by atoms with E-state index in [2.05, 4.69) is 0 Å². The maximum absolute atomic E-state index is 5.18. The fourth-order valence-electron chi connectivity index (χ4n) is 2.27. The highest BCUT2D eigenvalue weighted by atomic mass is 16.6. The van der Waals surface area contributed by atoms with Crippen molar-refractivity contribution in [2.75, 3.05) is 0 Å². The molecule has 0 aliphatic heterocycles. The van der Waals surface area contributed by atoms with Crippen molar-refractivity contribution in [3.05, 3.63) is 47.5 Å². The first kappa shape index (κ1) is 10.1. The SMILES string of the molecule is NOc1ccc2c(c1)-c1cc(ON)ccc1C2. The number of fused-ring (bicyclic) bond motifs is 3. The molecule has 0 aromatic heterocycles. The van der Waals surface area contributed by atoms with E-state index in [1.165, 1.54) is 11.1 Å². The van der Waals surface area contributed by atoms with Crippen molar-refractivity contribution in [2.45, 2.75) is 6.42 Å². The third kappa shape index (κ3) is 1.54. The van der Waals surface area contributed by atoms with E-state index in [0.29, 0.717) is 11.5 Å². The van der Waals surface area contributed by atoms with E-state index >= 15 is 0 Å². The van der Waals surface area contributed by atoms with Crippen LogP contribution < -0.4 is 21.5 Å². The van der Waals surface area contributed by atoms with Gasteiger partial charge in [-0.2, -0.15) is 11.8 Å². The van der Waals surface area contributed by atoms with Crippen molar-refractivity contribution < 1.29 is 9.68 Å². The third-order valence-electron chi connectivity index (χ3n) is 3.11. The van der Waals surface area contributed by atoms with Gasteiger partial charge in [0, 0.05) is 0 Å². The lowest BCUT2D eigenvalue weighted by atomic mass is 10.1. The molecule has 0 fully saturated rings. The monoisotopic (exact) mass is 228 g/mol. The molecule has 0 unspecified atom stereocenters. The van der Waals surface area contributed by atoms with Gasteiger partial charge in [0.05, 0.1) is 0 Å². The summed E-state index contributed by atoms with van der Waals surface area (Å²) in [7, 11) is 0. The van der Waals surface area contributed by atoms with Crippen LogP contribution in [0.5, 0.6) is 11.5 Å². The van der Waals surface area contributed by atoms with Gasteiger partial charge in [0.2, 0.25) is 0 Å². The molecule has 3 rings (SSSR count). The Kier molecular flexibility index (Phi) is 2.24. The number of hydrogen-bond donors (Lipinski definition) is 2. The minimum atomic E-state index is 0.649. The Morgan fingerprint density at radius 3 is 1.65 bits per heavy atom. The Morgan fingerprint density at radius 1 is 0.765 bits per heavy atom. The summed E-state index contributed by atoms with van der Waals surface area (Å²) in [6, 6.07) is 11.7. The molecule has 4 nitrogen and oxygen atoms in total. The average Bonchev–Trinajstić information content (AvgIpc) is 2.75. The summed E-state index contributed by atoms with van der Waals surface area (Å²) < 4.78 is 0. The number of nitrogens with two attached hydrogens (primary N) is 2. The molecule has 2 aromatic rings. The Labute approximate surface area is 98.7 Å². The van der Waals surface area contributed by atoms with Crippen LogP contribution in [0.25, 0.3) is 11.1 Å². The normalized spacial score (nSPS) is 11.9. The molecule has 0 radical (unpaired) electrons. The Balaban J connectivity index is 2.17. The molecular formula is C13H12N2O2. The predicted molar refractivity (Wildman–Crippen MR) is 64.3 cm³/mol. The standard InChI is InChI=1S/C13H12N2O2/c14-16-10-3-1-8-5-9-2-4-11(17-15)7-13(9)12(8)6-10/h1-4,6-7H,5,14-15H2. The summed E-state index contributed by atoms with van der Waals surface area (Å²) in [5, 5.41) is 0. The van der Waals surface area contributed by atoms with E-state index in [0.717, 1.165) is 17.5 Å². The van der Waals surface area contributed by atoms with Crippen LogP contribution in [0.1, 0.15) is 11.1 Å². The van der Waals surface area contributed by atoms with Gasteiger partial charge in [0.25, 0.3) is 0 Å². The van der Waals surface area contributed by atoms with Gasteiger partial charge in [-0.3, -0.25) is 0 Å². The maximum atomic E-state index is 5.18. The van der Waals surface area contributed by atoms with Crippen molar-refractivity contribution in [1.82, 2.24) is 0 Å². The van der Waals surface area contributed by atoms with Crippen molar-refractivity contribution in [1.29, 1.82) is 0 Å². The molecular weight excluding hydrogens is 216 g/mol. The lowest BCUT2D eigenvalue weighted by Crippen LogP contribution is -2.02. The Morgan fingerprint density at radius 2 is 1.24 bits per heavy atom. The van der Waals surface area contributed by atoms with Gasteiger partial charge in [-0.1, -0.05) is 12.1 Å². The molecule has 0 spiro atoms. The highest BCUT2D eigenvalue weighted by Gasteiger charge is 2.19. The van der Waals surface area contributed by atoms with E-state index in [-0.39, 0.29) is 0 Å². The van der Waals surface area contributed by atoms with Crippen LogP contribution in [0.4, 0.5) is 0 Å². The average molecular weight is 228 g/mol. The molecule has 17 heavy (non-hydrogen) atoms. The topological polar surface area (TPSA) is 70.5 Å². The number of benzene rings is 2. The Bertz CT molecular complexity index is 530. The van der Waals surface area contributed by atoms with E-state index in [9.17, 15) is 0 Å². The predicted octanol–water partition coefficient (Wildman–Crippen LogP) is 1.76. The highest BCUT2D eigenvalue weighted by molar-refractivity contribution is 5.78. The molecule has 1 aliphatic rings. The lowest BCUT2D eigenvalue weighted by Gasteiger charge is -2.05. The summed E-state index contributed by atoms with van der Waals surface area (Å²) in [5.41, 5.74) is 4.77. The van der Waals surface area contributed by atoms with Gasteiger partial charge in [-0.05, 0) is 52.9 Å². The maximum Gasteiger partial charge on any atom is 0.147 e. The van der Waals surface area contributed by atoms with Crippen LogP contribution in [-0.2, 0) is 6.42 Å². The molecule has 1 aliphatic carbocycles. The molecule has 0 saturated heterocycles. The van der Waals surface area contributed by atoms with Gasteiger partial charge in [-0.25, -0.2) is 0 Å². The molecule has 4 N–H and O–H groups in total. The van der Waals surface area contributed by atoms with Crippen LogP contribution >= 0.6 is 0 Å². The molecule has 4 heteroatoms. The van der Waals surface area contributed by atoms with Crippen LogP contribution in [-0.4, -0.2) is 0 Å². The minimum absolute atomic E-state index is 0.649. The minimum Gasteiger partial charge on any atom is -0.412 e. The van der Waals surface area contributed by atoms with Crippen LogP contribution in [0.2, 0.25) is 0 Å². The molecule has 0 heterocycles. The molecule has 0 atom stereocenters. The van der Waals surface area contributed by atoms with E-state index in [1.54, 1.807) is 0 Å². The first-order chi connectivity index (χ1) is 8.31. The van der Waals surface area contributed by atoms with Crippen LogP contribution in [0, 0.1) is 0 Å². The van der Waals surface area contributed by atoms with Crippen molar-refractivity contribution in [2.24, 2.45) is 11.8 Å². The zero-order valence-electron chi connectivity index (χ0n) is 9.14. The second-order valence-corrected chi connectivity index (χ2v) is 4.05. The summed E-state index contributed by atoms with van der Waals surface area (Å²) in [6.07, 6.45) is 0.917. The highest BCUT2D eigenvalue weighted by Crippen LogP contribution is 2.39. The lowest BCUT2D eigenvalue weighted by molar-refractivity contribution is 0.334. The van der Waals surface area contributed by atoms with Gasteiger partial charge >= 0.3 is 0 Å². The zero-order chi connectivity index (χ0) is 11.8. The largest absolute Gasteiger partial charge is 0.412 e. The second kappa shape index (κ2) is 3.76.